The maximum Gasteiger partial charge on any atom is 0.273 e. The number of unbranched alkanes of at least 4 members (excludes halogenated alkanes) is 4. The molecular weight excluding hydrogens is 284 g/mol. The molecule has 0 rings (SSSR count). The zero-order valence-electron chi connectivity index (χ0n) is 14.6. The third-order valence-corrected chi connectivity index (χ3v) is 6.37. The lowest BCUT2D eigenvalue weighted by atomic mass is 9.90. The normalized spacial score (nSPS) is 12.8. The van der Waals surface area contributed by atoms with Crippen LogP contribution in [0.15, 0.2) is 0 Å². The van der Waals surface area contributed by atoms with Crippen LogP contribution in [0, 0.1) is 0 Å². The molecule has 0 aromatic rings. The van der Waals surface area contributed by atoms with Crippen LogP contribution in [0.1, 0.15) is 98.3 Å². The second-order valence-corrected chi connectivity index (χ2v) is 8.13. The standard InChI is InChI=1S/C17H36O3S/c1-5-9-13-17(14-10-6-2,15-11-7-3)21(18,19)20-16-12-8-4/h5-16H2,1-4H3. The zero-order valence-corrected chi connectivity index (χ0v) is 15.4. The van der Waals surface area contributed by atoms with Gasteiger partial charge in [0.2, 0.25) is 0 Å². The van der Waals surface area contributed by atoms with Gasteiger partial charge in [0.05, 0.1) is 11.4 Å². The summed E-state index contributed by atoms with van der Waals surface area (Å²) >= 11 is 0. The van der Waals surface area contributed by atoms with Gasteiger partial charge in [-0.3, -0.25) is 4.18 Å². The van der Waals surface area contributed by atoms with E-state index in [4.69, 9.17) is 4.18 Å². The molecule has 0 radical (unpaired) electrons. The molecule has 0 spiro atoms. The van der Waals surface area contributed by atoms with E-state index in [1.807, 2.05) is 0 Å². The van der Waals surface area contributed by atoms with Crippen LogP contribution < -0.4 is 0 Å². The molecule has 21 heavy (non-hydrogen) atoms. The highest BCUT2D eigenvalue weighted by Crippen LogP contribution is 2.36. The van der Waals surface area contributed by atoms with Crippen LogP contribution >= 0.6 is 0 Å². The summed E-state index contributed by atoms with van der Waals surface area (Å²) in [5.74, 6) is 0. The average Bonchev–Trinajstić information content (AvgIpc) is 2.46. The number of rotatable bonds is 14. The van der Waals surface area contributed by atoms with E-state index < -0.39 is 14.9 Å². The lowest BCUT2D eigenvalue weighted by Gasteiger charge is -2.33. The van der Waals surface area contributed by atoms with E-state index >= 15 is 0 Å². The van der Waals surface area contributed by atoms with Crippen molar-refractivity contribution in [1.29, 1.82) is 0 Å². The molecule has 0 aliphatic heterocycles. The zero-order chi connectivity index (χ0) is 16.2. The van der Waals surface area contributed by atoms with Crippen LogP contribution in [0.2, 0.25) is 0 Å². The first-order valence-corrected chi connectivity index (χ1v) is 10.3. The molecule has 0 amide bonds. The van der Waals surface area contributed by atoms with Gasteiger partial charge in [-0.1, -0.05) is 72.6 Å². The molecule has 0 saturated carbocycles. The molecule has 0 aliphatic carbocycles. The van der Waals surface area contributed by atoms with Gasteiger partial charge in [-0.05, 0) is 25.7 Å². The second kappa shape index (κ2) is 11.5. The van der Waals surface area contributed by atoms with Crippen molar-refractivity contribution in [3.8, 4) is 0 Å². The van der Waals surface area contributed by atoms with Crippen LogP contribution in [0.4, 0.5) is 0 Å². The molecule has 0 aromatic heterocycles. The Morgan fingerprint density at radius 2 is 1.10 bits per heavy atom. The van der Waals surface area contributed by atoms with Gasteiger partial charge in [-0.25, -0.2) is 0 Å². The van der Waals surface area contributed by atoms with Gasteiger partial charge in [0.1, 0.15) is 0 Å². The summed E-state index contributed by atoms with van der Waals surface area (Å²) in [6.07, 6.45) is 10.00. The lowest BCUT2D eigenvalue weighted by Crippen LogP contribution is -2.40. The minimum absolute atomic E-state index is 0.338. The molecule has 4 heteroatoms. The Hall–Kier alpha value is -0.0900. The quantitative estimate of drug-likeness (QED) is 0.316. The van der Waals surface area contributed by atoms with E-state index in [9.17, 15) is 8.42 Å². The van der Waals surface area contributed by atoms with E-state index in [1.54, 1.807) is 0 Å². The molecule has 0 bridgehead atoms. The van der Waals surface area contributed by atoms with Crippen LogP contribution in [-0.2, 0) is 14.3 Å². The summed E-state index contributed by atoms with van der Waals surface area (Å²) in [5.41, 5.74) is 0. The van der Waals surface area contributed by atoms with Crippen LogP contribution in [-0.4, -0.2) is 19.8 Å². The Morgan fingerprint density at radius 3 is 1.43 bits per heavy atom. The average molecular weight is 321 g/mol. The van der Waals surface area contributed by atoms with Gasteiger partial charge < -0.3 is 0 Å². The molecule has 128 valence electrons. The first-order valence-electron chi connectivity index (χ1n) is 8.88. The molecule has 0 atom stereocenters. The van der Waals surface area contributed by atoms with Crippen molar-refractivity contribution in [2.75, 3.05) is 6.61 Å². The van der Waals surface area contributed by atoms with E-state index in [0.717, 1.165) is 70.6 Å². The number of hydrogen-bond donors (Lipinski definition) is 0. The van der Waals surface area contributed by atoms with Crippen LogP contribution in [0.5, 0.6) is 0 Å². The Balaban J connectivity index is 5.16. The Kier molecular flexibility index (Phi) is 11.4. The molecular formula is C17H36O3S. The Labute approximate surface area is 133 Å². The van der Waals surface area contributed by atoms with Crippen LogP contribution in [0.3, 0.4) is 0 Å². The summed E-state index contributed by atoms with van der Waals surface area (Å²) in [5, 5.41) is 0. The molecule has 0 N–H and O–H groups in total. The molecule has 0 saturated heterocycles. The maximum absolute atomic E-state index is 12.8. The molecule has 3 nitrogen and oxygen atoms in total. The molecule has 0 aromatic carbocycles. The van der Waals surface area contributed by atoms with Crippen molar-refractivity contribution in [2.24, 2.45) is 0 Å². The highest BCUT2D eigenvalue weighted by Gasteiger charge is 2.42. The van der Waals surface area contributed by atoms with E-state index in [1.165, 1.54) is 0 Å². The third kappa shape index (κ3) is 7.14. The Morgan fingerprint density at radius 1 is 0.714 bits per heavy atom. The van der Waals surface area contributed by atoms with Gasteiger partial charge in [-0.15, -0.1) is 0 Å². The van der Waals surface area contributed by atoms with Crippen molar-refractivity contribution in [2.45, 2.75) is 103 Å². The first kappa shape index (κ1) is 20.9. The second-order valence-electron chi connectivity index (χ2n) is 6.12. The van der Waals surface area contributed by atoms with Crippen molar-refractivity contribution in [3.63, 3.8) is 0 Å². The largest absolute Gasteiger partial charge is 0.273 e. The summed E-state index contributed by atoms with van der Waals surface area (Å²) in [6.45, 7) is 8.75. The van der Waals surface area contributed by atoms with E-state index in [-0.39, 0.29) is 0 Å². The minimum atomic E-state index is -3.47. The fourth-order valence-electron chi connectivity index (χ4n) is 2.68. The summed E-state index contributed by atoms with van der Waals surface area (Å²) in [4.78, 5) is 0. The van der Waals surface area contributed by atoms with Gasteiger partial charge >= 0.3 is 0 Å². The van der Waals surface area contributed by atoms with Gasteiger partial charge in [0.15, 0.2) is 0 Å². The number of hydrogen-bond acceptors (Lipinski definition) is 3. The molecule has 0 aliphatic rings. The monoisotopic (exact) mass is 320 g/mol. The fraction of sp³-hybridized carbons (Fsp3) is 1.00. The van der Waals surface area contributed by atoms with Crippen molar-refractivity contribution in [1.82, 2.24) is 0 Å². The highest BCUT2D eigenvalue weighted by molar-refractivity contribution is 7.88. The lowest BCUT2D eigenvalue weighted by molar-refractivity contribution is 0.272. The van der Waals surface area contributed by atoms with Crippen molar-refractivity contribution >= 4 is 10.1 Å². The van der Waals surface area contributed by atoms with Crippen LogP contribution in [0.25, 0.3) is 0 Å². The van der Waals surface area contributed by atoms with Crippen molar-refractivity contribution in [3.05, 3.63) is 0 Å². The molecule has 0 fully saturated rings. The summed E-state index contributed by atoms with van der Waals surface area (Å²) in [7, 11) is -3.47. The smallest absolute Gasteiger partial charge is 0.270 e. The summed E-state index contributed by atoms with van der Waals surface area (Å²) < 4.78 is 30.4. The Bertz CT molecular complexity index is 314. The van der Waals surface area contributed by atoms with Gasteiger partial charge in [0, 0.05) is 0 Å². The van der Waals surface area contributed by atoms with Gasteiger partial charge in [0.25, 0.3) is 10.1 Å². The molecule has 0 heterocycles. The maximum atomic E-state index is 12.8. The van der Waals surface area contributed by atoms with Crippen molar-refractivity contribution < 1.29 is 12.6 Å². The predicted octanol–water partition coefficient (Wildman–Crippen LogP) is 5.44. The first-order chi connectivity index (χ1) is 9.99. The highest BCUT2D eigenvalue weighted by atomic mass is 32.2. The third-order valence-electron chi connectivity index (χ3n) is 4.22. The van der Waals surface area contributed by atoms with E-state index in [0.29, 0.717) is 6.61 Å². The van der Waals surface area contributed by atoms with E-state index in [2.05, 4.69) is 27.7 Å². The fourth-order valence-corrected chi connectivity index (χ4v) is 4.46. The van der Waals surface area contributed by atoms with Gasteiger partial charge in [-0.2, -0.15) is 8.42 Å². The topological polar surface area (TPSA) is 43.4 Å². The summed E-state index contributed by atoms with van der Waals surface area (Å²) in [6, 6.07) is 0. The minimum Gasteiger partial charge on any atom is -0.270 e. The predicted molar refractivity (Wildman–Crippen MR) is 91.1 cm³/mol. The molecule has 0 unspecified atom stereocenters. The SMILES string of the molecule is CCCCOS(=O)(=O)C(CCCC)(CCCC)CCCC.